The number of hydrogen-bond donors (Lipinski definition) is 0. The van der Waals surface area contributed by atoms with Gasteiger partial charge in [0.25, 0.3) is 0 Å². The number of rotatable bonds is 4. The molecule has 92 valence electrons. The van der Waals surface area contributed by atoms with Gasteiger partial charge in [-0.25, -0.2) is 0 Å². The molecule has 0 N–H and O–H groups in total. The molecule has 1 atom stereocenters. The van der Waals surface area contributed by atoms with Crippen LogP contribution in [0.3, 0.4) is 0 Å². The summed E-state index contributed by atoms with van der Waals surface area (Å²) in [7, 11) is 0. The van der Waals surface area contributed by atoms with Gasteiger partial charge < -0.3 is 0 Å². The Labute approximate surface area is 98.9 Å². The average Bonchev–Trinajstić information content (AvgIpc) is 2.28. The summed E-state index contributed by atoms with van der Waals surface area (Å²) in [5.74, 6) is -0.114. The fraction of sp³-hybridized carbons (Fsp3) is 0.462. The Hall–Kier alpha value is -1.50. The number of benzene rings is 1. The first-order valence-corrected chi connectivity index (χ1v) is 5.53. The lowest BCUT2D eigenvalue weighted by Gasteiger charge is -2.10. The Bertz CT molecular complexity index is 387. The predicted molar refractivity (Wildman–Crippen MR) is 59.2 cm³/mol. The molecular weight excluding hydrogens is 227 g/mol. The molecular formula is C13H14F3N. The summed E-state index contributed by atoms with van der Waals surface area (Å²) in [5, 5.41) is 8.87. The predicted octanol–water partition coefficient (Wildman–Crippen LogP) is 4.19. The molecule has 0 saturated heterocycles. The van der Waals surface area contributed by atoms with E-state index in [2.05, 4.69) is 6.07 Å². The lowest BCUT2D eigenvalue weighted by molar-refractivity contribution is -0.137. The zero-order valence-corrected chi connectivity index (χ0v) is 9.59. The van der Waals surface area contributed by atoms with Crippen molar-refractivity contribution in [1.29, 1.82) is 5.26 Å². The van der Waals surface area contributed by atoms with Crippen LogP contribution >= 0.6 is 0 Å². The highest BCUT2D eigenvalue weighted by atomic mass is 19.4. The van der Waals surface area contributed by atoms with E-state index in [1.165, 1.54) is 12.1 Å². The van der Waals surface area contributed by atoms with Crippen LogP contribution in [0.1, 0.15) is 30.9 Å². The Morgan fingerprint density at radius 3 is 2.24 bits per heavy atom. The van der Waals surface area contributed by atoms with Gasteiger partial charge in [-0.05, 0) is 30.5 Å². The van der Waals surface area contributed by atoms with E-state index in [0.717, 1.165) is 30.5 Å². The molecule has 4 heteroatoms. The van der Waals surface area contributed by atoms with E-state index in [-0.39, 0.29) is 5.92 Å². The van der Waals surface area contributed by atoms with Crippen LogP contribution < -0.4 is 0 Å². The first kappa shape index (κ1) is 13.6. The molecule has 0 aliphatic heterocycles. The lowest BCUT2D eigenvalue weighted by atomic mass is 9.96. The quantitative estimate of drug-likeness (QED) is 0.775. The minimum atomic E-state index is -4.30. The second-order valence-corrected chi connectivity index (χ2v) is 4.01. The Balaban J connectivity index is 2.72. The number of nitriles is 1. The molecule has 1 rings (SSSR count). The van der Waals surface area contributed by atoms with Crippen LogP contribution in [0, 0.1) is 17.2 Å². The monoisotopic (exact) mass is 241 g/mol. The van der Waals surface area contributed by atoms with Crippen molar-refractivity contribution in [3.63, 3.8) is 0 Å². The molecule has 1 nitrogen and oxygen atoms in total. The number of nitrogens with zero attached hydrogens (tertiary/aromatic N) is 1. The molecule has 0 fully saturated rings. The van der Waals surface area contributed by atoms with Gasteiger partial charge in [-0.3, -0.25) is 0 Å². The fourth-order valence-electron chi connectivity index (χ4n) is 1.68. The van der Waals surface area contributed by atoms with Crippen LogP contribution in [0.4, 0.5) is 13.2 Å². The number of alkyl halides is 3. The fourth-order valence-corrected chi connectivity index (χ4v) is 1.68. The highest BCUT2D eigenvalue weighted by Crippen LogP contribution is 2.29. The maximum atomic E-state index is 12.3. The summed E-state index contributed by atoms with van der Waals surface area (Å²) in [5.41, 5.74) is 0.128. The van der Waals surface area contributed by atoms with E-state index in [0.29, 0.717) is 6.42 Å². The van der Waals surface area contributed by atoms with Crippen LogP contribution in [-0.4, -0.2) is 0 Å². The zero-order chi connectivity index (χ0) is 12.9. The van der Waals surface area contributed by atoms with E-state index in [9.17, 15) is 13.2 Å². The maximum absolute atomic E-state index is 12.3. The SMILES string of the molecule is CCCC(C#N)Cc1ccc(C(F)(F)F)cc1. The standard InChI is InChI=1S/C13H14F3N/c1-2-3-11(9-17)8-10-4-6-12(7-5-10)13(14,15)16/h4-7,11H,2-3,8H2,1H3. The van der Waals surface area contributed by atoms with Crippen molar-refractivity contribution in [2.24, 2.45) is 5.92 Å². The average molecular weight is 241 g/mol. The van der Waals surface area contributed by atoms with Gasteiger partial charge >= 0.3 is 6.18 Å². The van der Waals surface area contributed by atoms with Crippen molar-refractivity contribution in [3.05, 3.63) is 35.4 Å². The Kier molecular flexibility index (Phi) is 4.56. The molecule has 1 unspecified atom stereocenters. The molecule has 1 aromatic rings. The van der Waals surface area contributed by atoms with Gasteiger partial charge in [-0.1, -0.05) is 25.5 Å². The summed E-state index contributed by atoms with van der Waals surface area (Å²) < 4.78 is 37.0. The third-order valence-electron chi connectivity index (χ3n) is 2.58. The van der Waals surface area contributed by atoms with Crippen molar-refractivity contribution in [1.82, 2.24) is 0 Å². The van der Waals surface area contributed by atoms with Gasteiger partial charge in [0.05, 0.1) is 17.6 Å². The van der Waals surface area contributed by atoms with E-state index in [1.807, 2.05) is 6.92 Å². The van der Waals surface area contributed by atoms with Crippen LogP contribution in [-0.2, 0) is 12.6 Å². The molecule has 0 radical (unpaired) electrons. The Morgan fingerprint density at radius 1 is 1.24 bits per heavy atom. The molecule has 0 bridgehead atoms. The van der Waals surface area contributed by atoms with Crippen LogP contribution in [0.25, 0.3) is 0 Å². The third-order valence-corrected chi connectivity index (χ3v) is 2.58. The van der Waals surface area contributed by atoms with Gasteiger partial charge in [0, 0.05) is 0 Å². The summed E-state index contributed by atoms with van der Waals surface area (Å²) in [6.45, 7) is 1.98. The van der Waals surface area contributed by atoms with E-state index >= 15 is 0 Å². The molecule has 1 aromatic carbocycles. The third kappa shape index (κ3) is 4.10. The topological polar surface area (TPSA) is 23.8 Å². The van der Waals surface area contributed by atoms with Gasteiger partial charge in [0.15, 0.2) is 0 Å². The zero-order valence-electron chi connectivity index (χ0n) is 9.59. The van der Waals surface area contributed by atoms with Crippen LogP contribution in [0.2, 0.25) is 0 Å². The van der Waals surface area contributed by atoms with Crippen LogP contribution in [0.5, 0.6) is 0 Å². The first-order valence-electron chi connectivity index (χ1n) is 5.53. The lowest BCUT2D eigenvalue weighted by Crippen LogP contribution is -2.06. The number of halogens is 3. The maximum Gasteiger partial charge on any atom is 0.416 e. The van der Waals surface area contributed by atoms with Gasteiger partial charge in [-0.15, -0.1) is 0 Å². The van der Waals surface area contributed by atoms with Gasteiger partial charge in [0.2, 0.25) is 0 Å². The van der Waals surface area contributed by atoms with E-state index in [4.69, 9.17) is 5.26 Å². The molecule has 0 aromatic heterocycles. The van der Waals surface area contributed by atoms with Gasteiger partial charge in [-0.2, -0.15) is 18.4 Å². The van der Waals surface area contributed by atoms with Crippen molar-refractivity contribution in [3.8, 4) is 6.07 Å². The molecule has 0 saturated carbocycles. The molecule has 17 heavy (non-hydrogen) atoms. The molecule has 0 amide bonds. The summed E-state index contributed by atoms with van der Waals surface area (Å²) in [6.07, 6.45) is -2.10. The van der Waals surface area contributed by atoms with E-state index in [1.54, 1.807) is 0 Å². The highest BCUT2D eigenvalue weighted by molar-refractivity contribution is 5.25. The van der Waals surface area contributed by atoms with E-state index < -0.39 is 11.7 Å². The largest absolute Gasteiger partial charge is 0.416 e. The summed E-state index contributed by atoms with van der Waals surface area (Å²) >= 11 is 0. The normalized spacial score (nSPS) is 13.1. The summed E-state index contributed by atoms with van der Waals surface area (Å²) in [4.78, 5) is 0. The molecule has 0 aliphatic rings. The highest BCUT2D eigenvalue weighted by Gasteiger charge is 2.29. The second-order valence-electron chi connectivity index (χ2n) is 4.01. The Morgan fingerprint density at radius 2 is 1.82 bits per heavy atom. The minimum absolute atomic E-state index is 0.114. The first-order chi connectivity index (χ1) is 7.97. The number of hydrogen-bond acceptors (Lipinski definition) is 1. The summed E-state index contributed by atoms with van der Waals surface area (Å²) in [6, 6.07) is 7.20. The van der Waals surface area contributed by atoms with Crippen LogP contribution in [0.15, 0.2) is 24.3 Å². The van der Waals surface area contributed by atoms with Gasteiger partial charge in [0.1, 0.15) is 0 Å². The minimum Gasteiger partial charge on any atom is -0.198 e. The molecule has 0 heterocycles. The van der Waals surface area contributed by atoms with Crippen molar-refractivity contribution in [2.45, 2.75) is 32.4 Å². The smallest absolute Gasteiger partial charge is 0.198 e. The molecule has 0 spiro atoms. The van der Waals surface area contributed by atoms with Crippen molar-refractivity contribution < 1.29 is 13.2 Å². The van der Waals surface area contributed by atoms with Crippen molar-refractivity contribution >= 4 is 0 Å². The second kappa shape index (κ2) is 5.72. The van der Waals surface area contributed by atoms with Crippen molar-refractivity contribution in [2.75, 3.05) is 0 Å². The molecule has 0 aliphatic carbocycles.